The van der Waals surface area contributed by atoms with Crippen molar-refractivity contribution in [2.24, 2.45) is 5.92 Å². The number of rotatable bonds is 4. The van der Waals surface area contributed by atoms with Crippen LogP contribution in [0.5, 0.6) is 0 Å². The Kier molecular flexibility index (Phi) is 6.38. The molecule has 30 heavy (non-hydrogen) atoms. The van der Waals surface area contributed by atoms with Gasteiger partial charge in [-0.05, 0) is 51.0 Å². The first-order chi connectivity index (χ1) is 14.1. The molecule has 0 saturated carbocycles. The van der Waals surface area contributed by atoms with E-state index >= 15 is 0 Å². The number of carbonyl (C=O) groups excluding carboxylic acids is 3. The summed E-state index contributed by atoms with van der Waals surface area (Å²) in [6, 6.07) is 4.02. The maximum atomic E-state index is 12.7. The van der Waals surface area contributed by atoms with Crippen molar-refractivity contribution in [2.75, 3.05) is 19.6 Å². The van der Waals surface area contributed by atoms with Gasteiger partial charge >= 0.3 is 6.18 Å². The predicted molar refractivity (Wildman–Crippen MR) is 103 cm³/mol. The Morgan fingerprint density at radius 3 is 2.20 bits per heavy atom. The van der Waals surface area contributed by atoms with Crippen LogP contribution in [0.3, 0.4) is 0 Å². The molecule has 2 heterocycles. The number of halogens is 3. The van der Waals surface area contributed by atoms with E-state index in [0.29, 0.717) is 32.5 Å². The third-order valence-corrected chi connectivity index (χ3v) is 5.75. The molecule has 1 unspecified atom stereocenters. The van der Waals surface area contributed by atoms with Crippen LogP contribution in [0.15, 0.2) is 24.3 Å². The topological polar surface area (TPSA) is 69.7 Å². The average Bonchev–Trinajstić information content (AvgIpc) is 3.09. The lowest BCUT2D eigenvalue weighted by molar-refractivity contribution is -0.138. The largest absolute Gasteiger partial charge is 0.416 e. The molecule has 3 amide bonds. The number of benzene rings is 1. The van der Waals surface area contributed by atoms with Crippen LogP contribution in [0.4, 0.5) is 13.2 Å². The molecular formula is C21H26F3N3O3. The van der Waals surface area contributed by atoms with E-state index in [-0.39, 0.29) is 41.8 Å². The van der Waals surface area contributed by atoms with Crippen LogP contribution < -0.4 is 5.32 Å². The molecule has 2 aliphatic rings. The second kappa shape index (κ2) is 8.65. The summed E-state index contributed by atoms with van der Waals surface area (Å²) in [5.74, 6) is -0.776. The van der Waals surface area contributed by atoms with E-state index in [1.807, 2.05) is 13.8 Å². The van der Waals surface area contributed by atoms with Crippen LogP contribution in [0.25, 0.3) is 0 Å². The van der Waals surface area contributed by atoms with Gasteiger partial charge in [0, 0.05) is 43.7 Å². The van der Waals surface area contributed by atoms with E-state index in [2.05, 4.69) is 5.32 Å². The lowest BCUT2D eigenvalue weighted by atomic mass is 10.0. The summed E-state index contributed by atoms with van der Waals surface area (Å²) in [7, 11) is 0. The molecule has 0 aliphatic carbocycles. The van der Waals surface area contributed by atoms with Crippen molar-refractivity contribution in [2.45, 2.75) is 51.4 Å². The minimum absolute atomic E-state index is 0.00189. The zero-order valence-electron chi connectivity index (χ0n) is 17.0. The fourth-order valence-electron chi connectivity index (χ4n) is 3.98. The number of hydrogen-bond acceptors (Lipinski definition) is 3. The fraction of sp³-hybridized carbons (Fsp3) is 0.571. The molecule has 0 radical (unpaired) electrons. The first-order valence-electron chi connectivity index (χ1n) is 10.1. The molecule has 164 valence electrons. The Labute approximate surface area is 173 Å². The van der Waals surface area contributed by atoms with Gasteiger partial charge in [0.25, 0.3) is 5.91 Å². The Morgan fingerprint density at radius 2 is 1.70 bits per heavy atom. The minimum Gasteiger partial charge on any atom is -0.349 e. The van der Waals surface area contributed by atoms with Crippen LogP contribution in [0, 0.1) is 5.92 Å². The predicted octanol–water partition coefficient (Wildman–Crippen LogP) is 2.68. The maximum absolute atomic E-state index is 12.7. The van der Waals surface area contributed by atoms with Gasteiger partial charge in [-0.2, -0.15) is 13.2 Å². The summed E-state index contributed by atoms with van der Waals surface area (Å²) in [4.78, 5) is 40.6. The third-order valence-electron chi connectivity index (χ3n) is 5.75. The molecule has 2 saturated heterocycles. The molecule has 1 aromatic carbocycles. The van der Waals surface area contributed by atoms with Crippen LogP contribution in [0.2, 0.25) is 0 Å². The molecule has 1 atom stereocenters. The highest BCUT2D eigenvalue weighted by molar-refractivity contribution is 5.94. The van der Waals surface area contributed by atoms with E-state index in [1.54, 1.807) is 9.80 Å². The van der Waals surface area contributed by atoms with Gasteiger partial charge in [0.15, 0.2) is 0 Å². The van der Waals surface area contributed by atoms with Crippen molar-refractivity contribution in [1.82, 2.24) is 15.1 Å². The molecule has 6 nitrogen and oxygen atoms in total. The quantitative estimate of drug-likeness (QED) is 0.807. The average molecular weight is 425 g/mol. The van der Waals surface area contributed by atoms with Gasteiger partial charge in [-0.25, -0.2) is 0 Å². The molecule has 1 N–H and O–H groups in total. The summed E-state index contributed by atoms with van der Waals surface area (Å²) in [6.45, 7) is 5.25. The van der Waals surface area contributed by atoms with Crippen LogP contribution >= 0.6 is 0 Å². The summed E-state index contributed by atoms with van der Waals surface area (Å²) >= 11 is 0. The van der Waals surface area contributed by atoms with Gasteiger partial charge in [-0.3, -0.25) is 14.4 Å². The third kappa shape index (κ3) is 4.94. The van der Waals surface area contributed by atoms with Gasteiger partial charge < -0.3 is 15.1 Å². The van der Waals surface area contributed by atoms with E-state index in [4.69, 9.17) is 0 Å². The number of alkyl halides is 3. The Morgan fingerprint density at radius 1 is 1.10 bits per heavy atom. The number of amides is 3. The molecule has 3 rings (SSSR count). The molecule has 0 bridgehead atoms. The van der Waals surface area contributed by atoms with E-state index in [1.165, 1.54) is 0 Å². The molecule has 9 heteroatoms. The summed E-state index contributed by atoms with van der Waals surface area (Å²) in [5, 5.41) is 2.83. The van der Waals surface area contributed by atoms with Gasteiger partial charge in [0.2, 0.25) is 11.8 Å². The van der Waals surface area contributed by atoms with Gasteiger partial charge in [0.1, 0.15) is 0 Å². The van der Waals surface area contributed by atoms with E-state index in [9.17, 15) is 27.6 Å². The van der Waals surface area contributed by atoms with Crippen molar-refractivity contribution in [3.63, 3.8) is 0 Å². The SMILES string of the molecule is CC(C)N1CC(C(=O)N2CCC(NC(=O)c3ccc(C(F)(F)F)cc3)CC2)CC1=O. The van der Waals surface area contributed by atoms with Gasteiger partial charge in [-0.15, -0.1) is 0 Å². The number of likely N-dealkylation sites (tertiary alicyclic amines) is 2. The number of nitrogens with one attached hydrogen (secondary N) is 1. The Bertz CT molecular complexity index is 800. The van der Waals surface area contributed by atoms with Gasteiger partial charge in [-0.1, -0.05) is 0 Å². The number of nitrogens with zero attached hydrogens (tertiary/aromatic N) is 2. The number of piperidine rings is 1. The molecule has 2 fully saturated rings. The lowest BCUT2D eigenvalue weighted by Crippen LogP contribution is -2.48. The summed E-state index contributed by atoms with van der Waals surface area (Å²) in [6.07, 6.45) is -3.08. The van der Waals surface area contributed by atoms with E-state index < -0.39 is 17.6 Å². The monoisotopic (exact) mass is 425 g/mol. The minimum atomic E-state index is -4.44. The van der Waals surface area contributed by atoms with Gasteiger partial charge in [0.05, 0.1) is 11.5 Å². The molecule has 1 aromatic rings. The zero-order chi connectivity index (χ0) is 22.1. The standard InChI is InChI=1S/C21H26F3N3O3/c1-13(2)27-12-15(11-18(27)28)20(30)26-9-7-17(8-10-26)25-19(29)14-3-5-16(6-4-14)21(22,23)24/h3-6,13,15,17H,7-12H2,1-2H3,(H,25,29). The van der Waals surface area contributed by atoms with Crippen molar-refractivity contribution < 1.29 is 27.6 Å². The highest BCUT2D eigenvalue weighted by Crippen LogP contribution is 2.29. The second-order valence-corrected chi connectivity index (χ2v) is 8.19. The smallest absolute Gasteiger partial charge is 0.349 e. The second-order valence-electron chi connectivity index (χ2n) is 8.19. The molecule has 2 aliphatic heterocycles. The highest BCUT2D eigenvalue weighted by atomic mass is 19.4. The maximum Gasteiger partial charge on any atom is 0.416 e. The first-order valence-corrected chi connectivity index (χ1v) is 10.1. The van der Waals surface area contributed by atoms with Crippen molar-refractivity contribution in [1.29, 1.82) is 0 Å². The van der Waals surface area contributed by atoms with Crippen molar-refractivity contribution in [3.05, 3.63) is 35.4 Å². The number of carbonyl (C=O) groups is 3. The molecular weight excluding hydrogens is 399 g/mol. The van der Waals surface area contributed by atoms with Crippen molar-refractivity contribution >= 4 is 17.7 Å². The van der Waals surface area contributed by atoms with Crippen LogP contribution in [0.1, 0.15) is 49.0 Å². The highest BCUT2D eigenvalue weighted by Gasteiger charge is 2.38. The lowest BCUT2D eigenvalue weighted by Gasteiger charge is -2.34. The number of hydrogen-bond donors (Lipinski definition) is 1. The fourth-order valence-corrected chi connectivity index (χ4v) is 3.98. The first kappa shape index (κ1) is 22.1. The van der Waals surface area contributed by atoms with Crippen LogP contribution in [-0.4, -0.2) is 59.2 Å². The molecule has 0 spiro atoms. The van der Waals surface area contributed by atoms with Crippen LogP contribution in [-0.2, 0) is 15.8 Å². The van der Waals surface area contributed by atoms with Crippen molar-refractivity contribution in [3.8, 4) is 0 Å². The Balaban J connectivity index is 1.49. The molecule has 0 aromatic heterocycles. The Hall–Kier alpha value is -2.58. The normalized spacial score (nSPS) is 20.7. The summed E-state index contributed by atoms with van der Waals surface area (Å²) < 4.78 is 37.9. The summed E-state index contributed by atoms with van der Waals surface area (Å²) in [5.41, 5.74) is -0.632. The zero-order valence-corrected chi connectivity index (χ0v) is 17.0. The van der Waals surface area contributed by atoms with E-state index in [0.717, 1.165) is 24.3 Å².